The summed E-state index contributed by atoms with van der Waals surface area (Å²) in [7, 11) is 0. The lowest BCUT2D eigenvalue weighted by Gasteiger charge is -2.15. The molecule has 0 spiro atoms. The predicted octanol–water partition coefficient (Wildman–Crippen LogP) is 5.18. The minimum atomic E-state index is 0.167. The van der Waals surface area contributed by atoms with Gasteiger partial charge in [-0.2, -0.15) is 0 Å². The van der Waals surface area contributed by atoms with E-state index in [-0.39, 0.29) is 6.10 Å². The van der Waals surface area contributed by atoms with Gasteiger partial charge in [-0.15, -0.1) is 4.91 Å². The normalized spacial score (nSPS) is 15.4. The number of hydrogen-bond acceptors (Lipinski definition) is 5. The number of nitroso groups, excluding NO2 is 1. The van der Waals surface area contributed by atoms with Crippen LogP contribution in [0.3, 0.4) is 0 Å². The van der Waals surface area contributed by atoms with Crippen molar-refractivity contribution in [2.45, 2.75) is 31.8 Å². The van der Waals surface area contributed by atoms with Gasteiger partial charge in [0.15, 0.2) is 5.69 Å². The Labute approximate surface area is 125 Å². The van der Waals surface area contributed by atoms with Crippen LogP contribution < -0.4 is 4.74 Å². The zero-order valence-electron chi connectivity index (χ0n) is 10.7. The van der Waals surface area contributed by atoms with E-state index in [0.717, 1.165) is 23.3 Å². The maximum Gasteiger partial charge on any atom is 0.150 e. The highest BCUT2D eigenvalue weighted by molar-refractivity contribution is 7.09. The molecule has 0 saturated heterocycles. The summed E-state index contributed by atoms with van der Waals surface area (Å²) < 4.78 is 9.90. The highest BCUT2D eigenvalue weighted by atomic mass is 35.5. The predicted molar refractivity (Wildman–Crippen MR) is 80.9 cm³/mol. The van der Waals surface area contributed by atoms with Gasteiger partial charge in [-0.25, -0.2) is 4.37 Å². The lowest BCUT2D eigenvalue weighted by molar-refractivity contribution is 0.211. The fraction of sp³-hybridized carbons (Fsp3) is 0.357. The summed E-state index contributed by atoms with van der Waals surface area (Å²) in [6.45, 7) is 0. The van der Waals surface area contributed by atoms with Crippen LogP contribution in [-0.4, -0.2) is 10.5 Å². The molecule has 1 fully saturated rings. The van der Waals surface area contributed by atoms with Crippen LogP contribution in [0.25, 0.3) is 10.4 Å². The van der Waals surface area contributed by atoms with Gasteiger partial charge in [-0.1, -0.05) is 11.6 Å². The van der Waals surface area contributed by atoms with Crippen LogP contribution in [0.5, 0.6) is 5.75 Å². The fourth-order valence-corrected chi connectivity index (χ4v) is 3.37. The molecule has 3 rings (SSSR count). The molecule has 0 amide bonds. The molecule has 1 aromatic heterocycles. The van der Waals surface area contributed by atoms with Crippen LogP contribution in [0.4, 0.5) is 5.69 Å². The third-order valence-electron chi connectivity index (χ3n) is 3.45. The first-order valence-electron chi connectivity index (χ1n) is 6.52. The Hall–Kier alpha value is -1.46. The molecule has 0 atom stereocenters. The molecule has 0 N–H and O–H groups in total. The molecule has 1 aromatic carbocycles. The summed E-state index contributed by atoms with van der Waals surface area (Å²) in [5.41, 5.74) is 1.06. The number of ether oxygens (including phenoxy) is 1. The Morgan fingerprint density at radius 2 is 2.15 bits per heavy atom. The molecule has 104 valence electrons. The van der Waals surface area contributed by atoms with Crippen molar-refractivity contribution in [3.8, 4) is 16.2 Å². The van der Waals surface area contributed by atoms with Crippen molar-refractivity contribution in [3.05, 3.63) is 34.3 Å². The summed E-state index contributed by atoms with van der Waals surface area (Å²) in [6.07, 6.45) is 6.25. The Kier molecular flexibility index (Phi) is 3.98. The quantitative estimate of drug-likeness (QED) is 0.731. The molecular formula is C14H13ClN2O2S. The van der Waals surface area contributed by atoms with Crippen LogP contribution in [0.15, 0.2) is 29.6 Å². The van der Waals surface area contributed by atoms with Crippen LogP contribution in [0.1, 0.15) is 25.7 Å². The molecule has 1 aliphatic carbocycles. The standard InChI is InChI=1S/C14H13ClN2O2S/c15-11-8-13(19-9-3-1-2-4-9)12(17-18)7-10(11)14-5-6-16-20-14/h5-9H,1-4H2. The summed E-state index contributed by atoms with van der Waals surface area (Å²) in [5, 5.41) is 3.63. The number of hydrogen-bond donors (Lipinski definition) is 0. The minimum Gasteiger partial charge on any atom is -0.488 e. The number of rotatable bonds is 4. The average Bonchev–Trinajstić information content (AvgIpc) is 3.11. The Morgan fingerprint density at radius 1 is 1.35 bits per heavy atom. The lowest BCUT2D eigenvalue weighted by Crippen LogP contribution is -2.10. The van der Waals surface area contributed by atoms with Crippen LogP contribution in [-0.2, 0) is 0 Å². The second kappa shape index (κ2) is 5.89. The molecule has 4 nitrogen and oxygen atoms in total. The first-order chi connectivity index (χ1) is 9.78. The highest BCUT2D eigenvalue weighted by Crippen LogP contribution is 2.40. The van der Waals surface area contributed by atoms with E-state index in [1.807, 2.05) is 6.07 Å². The Balaban J connectivity index is 1.95. The number of aromatic nitrogens is 1. The van der Waals surface area contributed by atoms with Gasteiger partial charge in [-0.3, -0.25) is 0 Å². The molecular weight excluding hydrogens is 296 g/mol. The lowest BCUT2D eigenvalue weighted by atomic mass is 10.1. The number of halogens is 1. The van der Waals surface area contributed by atoms with Crippen molar-refractivity contribution in [2.24, 2.45) is 5.18 Å². The highest BCUT2D eigenvalue weighted by Gasteiger charge is 2.20. The van der Waals surface area contributed by atoms with E-state index in [1.54, 1.807) is 18.3 Å². The summed E-state index contributed by atoms with van der Waals surface area (Å²) in [4.78, 5) is 12.0. The zero-order valence-corrected chi connectivity index (χ0v) is 12.3. The van der Waals surface area contributed by atoms with Crippen molar-refractivity contribution in [1.29, 1.82) is 0 Å². The number of nitrogens with zero attached hydrogens (tertiary/aromatic N) is 2. The van der Waals surface area contributed by atoms with Gasteiger partial charge in [0.1, 0.15) is 5.75 Å². The van der Waals surface area contributed by atoms with Gasteiger partial charge >= 0.3 is 0 Å². The third-order valence-corrected chi connectivity index (χ3v) is 4.54. The van der Waals surface area contributed by atoms with E-state index in [4.69, 9.17) is 16.3 Å². The largest absolute Gasteiger partial charge is 0.488 e. The van der Waals surface area contributed by atoms with Gasteiger partial charge in [0, 0.05) is 17.8 Å². The maximum absolute atomic E-state index is 11.0. The third kappa shape index (κ3) is 2.69. The first-order valence-corrected chi connectivity index (χ1v) is 7.67. The van der Waals surface area contributed by atoms with Crippen LogP contribution >= 0.6 is 23.1 Å². The summed E-state index contributed by atoms with van der Waals surface area (Å²) >= 11 is 7.62. The number of benzene rings is 1. The molecule has 1 heterocycles. The van der Waals surface area contributed by atoms with Crippen molar-refractivity contribution in [2.75, 3.05) is 0 Å². The van der Waals surface area contributed by atoms with Gasteiger partial charge in [-0.05, 0) is 54.5 Å². The van der Waals surface area contributed by atoms with Gasteiger partial charge in [0.05, 0.1) is 16.0 Å². The zero-order chi connectivity index (χ0) is 13.9. The van der Waals surface area contributed by atoms with Gasteiger partial charge < -0.3 is 4.74 Å². The van der Waals surface area contributed by atoms with Crippen molar-refractivity contribution in [3.63, 3.8) is 0 Å². The molecule has 1 aliphatic rings. The molecule has 20 heavy (non-hydrogen) atoms. The minimum absolute atomic E-state index is 0.167. The smallest absolute Gasteiger partial charge is 0.150 e. The van der Waals surface area contributed by atoms with Gasteiger partial charge in [0.25, 0.3) is 0 Å². The van der Waals surface area contributed by atoms with E-state index in [9.17, 15) is 4.91 Å². The van der Waals surface area contributed by atoms with E-state index in [2.05, 4.69) is 9.55 Å². The summed E-state index contributed by atoms with van der Waals surface area (Å²) in [6, 6.07) is 5.22. The summed E-state index contributed by atoms with van der Waals surface area (Å²) in [5.74, 6) is 0.477. The molecule has 6 heteroatoms. The Morgan fingerprint density at radius 3 is 2.80 bits per heavy atom. The SMILES string of the molecule is O=Nc1cc(-c2ccns2)c(Cl)cc1OC1CCCC1. The van der Waals surface area contributed by atoms with Crippen LogP contribution in [0, 0.1) is 4.91 Å². The molecule has 0 radical (unpaired) electrons. The molecule has 0 unspecified atom stereocenters. The van der Waals surface area contributed by atoms with E-state index in [0.29, 0.717) is 16.5 Å². The van der Waals surface area contributed by atoms with E-state index >= 15 is 0 Å². The van der Waals surface area contributed by atoms with Crippen molar-refractivity contribution < 1.29 is 4.74 Å². The topological polar surface area (TPSA) is 51.5 Å². The average molecular weight is 309 g/mol. The maximum atomic E-state index is 11.0. The first kappa shape index (κ1) is 13.5. The van der Waals surface area contributed by atoms with Gasteiger partial charge in [0.2, 0.25) is 0 Å². The van der Waals surface area contributed by atoms with Crippen molar-refractivity contribution in [1.82, 2.24) is 4.37 Å². The van der Waals surface area contributed by atoms with Crippen LogP contribution in [0.2, 0.25) is 5.02 Å². The van der Waals surface area contributed by atoms with Crippen molar-refractivity contribution >= 4 is 28.8 Å². The molecule has 0 bridgehead atoms. The van der Waals surface area contributed by atoms with E-state index < -0.39 is 0 Å². The molecule has 0 aliphatic heterocycles. The molecule has 1 saturated carbocycles. The Bertz CT molecular complexity index is 610. The van der Waals surface area contributed by atoms with E-state index in [1.165, 1.54) is 24.4 Å². The molecule has 2 aromatic rings. The fourth-order valence-electron chi connectivity index (χ4n) is 2.44. The second-order valence-electron chi connectivity index (χ2n) is 4.79. The monoisotopic (exact) mass is 308 g/mol. The second-order valence-corrected chi connectivity index (χ2v) is 6.03.